The van der Waals surface area contributed by atoms with Crippen LogP contribution in [0.4, 0.5) is 0 Å². The highest BCUT2D eigenvalue weighted by Crippen LogP contribution is 2.25. The number of hydrogen-bond acceptors (Lipinski definition) is 1. The Balaban J connectivity index is 2.24. The lowest BCUT2D eigenvalue weighted by atomic mass is 9.90. The van der Waals surface area contributed by atoms with Crippen molar-refractivity contribution in [2.45, 2.75) is 31.8 Å². The van der Waals surface area contributed by atoms with Crippen LogP contribution in [0.2, 0.25) is 0 Å². The SMILES string of the molecule is C=CC[C@H]1Cc2ccccc2[C@@H](C)N1. The van der Waals surface area contributed by atoms with E-state index in [4.69, 9.17) is 0 Å². The third-order valence-corrected chi connectivity index (χ3v) is 2.92. The third kappa shape index (κ3) is 1.73. The molecule has 1 aliphatic rings. The molecule has 0 unspecified atom stereocenters. The first-order valence-corrected chi connectivity index (χ1v) is 5.26. The van der Waals surface area contributed by atoms with Crippen LogP contribution in [0.5, 0.6) is 0 Å². The van der Waals surface area contributed by atoms with E-state index in [1.54, 1.807) is 0 Å². The second kappa shape index (κ2) is 3.97. The topological polar surface area (TPSA) is 12.0 Å². The molecule has 1 aliphatic heterocycles. The highest BCUT2D eigenvalue weighted by molar-refractivity contribution is 5.32. The minimum absolute atomic E-state index is 0.477. The number of rotatable bonds is 2. The summed E-state index contributed by atoms with van der Waals surface area (Å²) in [4.78, 5) is 0. The van der Waals surface area contributed by atoms with Crippen LogP contribution in [0.3, 0.4) is 0 Å². The van der Waals surface area contributed by atoms with E-state index in [0.29, 0.717) is 12.1 Å². The molecule has 0 saturated carbocycles. The maximum absolute atomic E-state index is 3.80. The lowest BCUT2D eigenvalue weighted by molar-refractivity contribution is 0.424. The number of fused-ring (bicyclic) bond motifs is 1. The Bertz CT molecular complexity index is 330. The molecule has 1 aromatic carbocycles. The first kappa shape index (κ1) is 9.47. The van der Waals surface area contributed by atoms with Crippen molar-refractivity contribution in [1.29, 1.82) is 0 Å². The maximum Gasteiger partial charge on any atom is 0.0297 e. The molecule has 0 fully saturated rings. The monoisotopic (exact) mass is 187 g/mol. The summed E-state index contributed by atoms with van der Waals surface area (Å²) < 4.78 is 0. The predicted molar refractivity (Wildman–Crippen MR) is 60.3 cm³/mol. The molecule has 0 aromatic heterocycles. The van der Waals surface area contributed by atoms with E-state index in [1.165, 1.54) is 11.1 Å². The van der Waals surface area contributed by atoms with Crippen molar-refractivity contribution in [3.63, 3.8) is 0 Å². The van der Waals surface area contributed by atoms with E-state index >= 15 is 0 Å². The first-order valence-electron chi connectivity index (χ1n) is 5.26. The molecular formula is C13H17N. The molecule has 14 heavy (non-hydrogen) atoms. The van der Waals surface area contributed by atoms with E-state index in [1.807, 2.05) is 6.08 Å². The smallest absolute Gasteiger partial charge is 0.0297 e. The Kier molecular flexibility index (Phi) is 2.69. The second-order valence-electron chi connectivity index (χ2n) is 4.01. The summed E-state index contributed by atoms with van der Waals surface area (Å²) in [5.74, 6) is 0. The summed E-state index contributed by atoms with van der Waals surface area (Å²) in [7, 11) is 0. The van der Waals surface area contributed by atoms with Gasteiger partial charge in [-0.1, -0.05) is 30.3 Å². The molecule has 0 spiro atoms. The Morgan fingerprint density at radius 2 is 2.29 bits per heavy atom. The summed E-state index contributed by atoms with van der Waals surface area (Å²) in [6, 6.07) is 9.74. The largest absolute Gasteiger partial charge is 0.307 e. The van der Waals surface area contributed by atoms with E-state index in [0.717, 1.165) is 12.8 Å². The Morgan fingerprint density at radius 1 is 1.50 bits per heavy atom. The maximum atomic E-state index is 3.80. The van der Waals surface area contributed by atoms with Crippen LogP contribution < -0.4 is 5.32 Å². The molecule has 0 aliphatic carbocycles. The molecule has 1 heteroatoms. The summed E-state index contributed by atoms with van der Waals surface area (Å²) in [5, 5.41) is 3.60. The first-order chi connectivity index (χ1) is 6.81. The van der Waals surface area contributed by atoms with Gasteiger partial charge < -0.3 is 5.32 Å². The van der Waals surface area contributed by atoms with Gasteiger partial charge in [0.2, 0.25) is 0 Å². The van der Waals surface area contributed by atoms with Crippen molar-refractivity contribution < 1.29 is 0 Å². The van der Waals surface area contributed by atoms with Gasteiger partial charge in [-0.25, -0.2) is 0 Å². The van der Waals surface area contributed by atoms with E-state index in [9.17, 15) is 0 Å². The van der Waals surface area contributed by atoms with Gasteiger partial charge in [-0.3, -0.25) is 0 Å². The van der Waals surface area contributed by atoms with Gasteiger partial charge in [-0.05, 0) is 30.9 Å². The Labute approximate surface area is 85.8 Å². The van der Waals surface area contributed by atoms with Gasteiger partial charge in [0.15, 0.2) is 0 Å². The lowest BCUT2D eigenvalue weighted by Gasteiger charge is -2.30. The molecular weight excluding hydrogens is 170 g/mol. The number of hydrogen-bond donors (Lipinski definition) is 1. The van der Waals surface area contributed by atoms with Crippen LogP contribution in [-0.4, -0.2) is 6.04 Å². The fourth-order valence-corrected chi connectivity index (χ4v) is 2.26. The molecule has 1 aromatic rings. The van der Waals surface area contributed by atoms with Gasteiger partial charge in [0.05, 0.1) is 0 Å². The zero-order chi connectivity index (χ0) is 9.97. The van der Waals surface area contributed by atoms with Crippen LogP contribution in [0.1, 0.15) is 30.5 Å². The molecule has 0 radical (unpaired) electrons. The van der Waals surface area contributed by atoms with E-state index < -0.39 is 0 Å². The molecule has 2 atom stereocenters. The fraction of sp³-hybridized carbons (Fsp3) is 0.385. The summed E-state index contributed by atoms with van der Waals surface area (Å²) in [6.45, 7) is 6.03. The molecule has 1 nitrogen and oxygen atoms in total. The summed E-state index contributed by atoms with van der Waals surface area (Å²) >= 11 is 0. The van der Waals surface area contributed by atoms with Crippen molar-refractivity contribution in [3.8, 4) is 0 Å². The highest BCUT2D eigenvalue weighted by atomic mass is 15.0. The van der Waals surface area contributed by atoms with Crippen LogP contribution in [0.25, 0.3) is 0 Å². The average Bonchev–Trinajstić information content (AvgIpc) is 2.18. The van der Waals surface area contributed by atoms with Crippen LogP contribution in [0.15, 0.2) is 36.9 Å². The zero-order valence-electron chi connectivity index (χ0n) is 8.66. The molecule has 0 saturated heterocycles. The van der Waals surface area contributed by atoms with Gasteiger partial charge in [0.1, 0.15) is 0 Å². The van der Waals surface area contributed by atoms with Gasteiger partial charge in [0, 0.05) is 12.1 Å². The normalized spacial score (nSPS) is 25.5. The van der Waals surface area contributed by atoms with Crippen molar-refractivity contribution in [2.24, 2.45) is 0 Å². The standard InChI is InChI=1S/C13H17N/c1-3-6-12-9-11-7-4-5-8-13(11)10(2)14-12/h3-5,7-8,10,12,14H,1,6,9H2,2H3/t10-,12+/m1/s1. The second-order valence-corrected chi connectivity index (χ2v) is 4.01. The van der Waals surface area contributed by atoms with Gasteiger partial charge in [0.25, 0.3) is 0 Å². The minimum Gasteiger partial charge on any atom is -0.307 e. The molecule has 0 amide bonds. The molecule has 2 rings (SSSR count). The van der Waals surface area contributed by atoms with Crippen molar-refractivity contribution >= 4 is 0 Å². The number of nitrogens with one attached hydrogen (secondary N) is 1. The van der Waals surface area contributed by atoms with Crippen LogP contribution in [-0.2, 0) is 6.42 Å². The van der Waals surface area contributed by atoms with Crippen molar-refractivity contribution in [2.75, 3.05) is 0 Å². The third-order valence-electron chi connectivity index (χ3n) is 2.92. The van der Waals surface area contributed by atoms with Gasteiger partial charge in [-0.15, -0.1) is 6.58 Å². The molecule has 74 valence electrons. The molecule has 1 heterocycles. The van der Waals surface area contributed by atoms with E-state index in [2.05, 4.69) is 43.1 Å². The molecule has 0 bridgehead atoms. The quantitative estimate of drug-likeness (QED) is 0.702. The number of benzene rings is 1. The van der Waals surface area contributed by atoms with Gasteiger partial charge >= 0.3 is 0 Å². The average molecular weight is 187 g/mol. The van der Waals surface area contributed by atoms with Crippen molar-refractivity contribution in [3.05, 3.63) is 48.0 Å². The predicted octanol–water partition coefficient (Wildman–Crippen LogP) is 2.84. The Morgan fingerprint density at radius 3 is 3.07 bits per heavy atom. The summed E-state index contributed by atoms with van der Waals surface area (Å²) in [5.41, 5.74) is 2.94. The van der Waals surface area contributed by atoms with Crippen molar-refractivity contribution in [1.82, 2.24) is 5.32 Å². The summed E-state index contributed by atoms with van der Waals surface area (Å²) in [6.07, 6.45) is 4.18. The minimum atomic E-state index is 0.477. The van der Waals surface area contributed by atoms with E-state index in [-0.39, 0.29) is 0 Å². The van der Waals surface area contributed by atoms with Crippen LogP contribution in [0, 0.1) is 0 Å². The zero-order valence-corrected chi connectivity index (χ0v) is 8.66. The van der Waals surface area contributed by atoms with Crippen LogP contribution >= 0.6 is 0 Å². The van der Waals surface area contributed by atoms with Gasteiger partial charge in [-0.2, -0.15) is 0 Å². The lowest BCUT2D eigenvalue weighted by Crippen LogP contribution is -2.37. The fourth-order valence-electron chi connectivity index (χ4n) is 2.26. The Hall–Kier alpha value is -1.08. The molecule has 1 N–H and O–H groups in total. The highest BCUT2D eigenvalue weighted by Gasteiger charge is 2.21.